The molecular weight excluding hydrogens is 446 g/mol. The first-order chi connectivity index (χ1) is 16.4. The molecule has 0 spiro atoms. The Kier molecular flexibility index (Phi) is 7.38. The lowest BCUT2D eigenvalue weighted by Crippen LogP contribution is -2.42. The van der Waals surface area contributed by atoms with E-state index in [1.165, 1.54) is 29.2 Å². The number of nitrogens with zero attached hydrogens (tertiary/aromatic N) is 4. The monoisotopic (exact) mass is 477 g/mol. The van der Waals surface area contributed by atoms with E-state index in [1.807, 2.05) is 58.0 Å². The highest BCUT2D eigenvalue weighted by Gasteiger charge is 2.25. The van der Waals surface area contributed by atoms with Crippen LogP contribution in [0.2, 0.25) is 0 Å². The highest BCUT2D eigenvalue weighted by atomic mass is 16.6. The van der Waals surface area contributed by atoms with Crippen LogP contribution < -0.4 is 5.32 Å². The molecule has 0 aliphatic carbocycles. The molecule has 0 bridgehead atoms. The minimum atomic E-state index is -0.553. The minimum absolute atomic E-state index is 0.153. The van der Waals surface area contributed by atoms with E-state index >= 15 is 0 Å². The molecule has 0 aliphatic heterocycles. The molecule has 9 nitrogen and oxygen atoms in total. The highest BCUT2D eigenvalue weighted by Crippen LogP contribution is 2.27. The van der Waals surface area contributed by atoms with E-state index in [1.54, 1.807) is 18.5 Å². The summed E-state index contributed by atoms with van der Waals surface area (Å²) >= 11 is 0. The fourth-order valence-corrected chi connectivity index (χ4v) is 3.57. The van der Waals surface area contributed by atoms with Crippen LogP contribution in [0.3, 0.4) is 0 Å². The Balaban J connectivity index is 1.89. The van der Waals surface area contributed by atoms with Gasteiger partial charge in [-0.25, -0.2) is 4.68 Å². The zero-order valence-corrected chi connectivity index (χ0v) is 20.9. The molecule has 0 unspecified atom stereocenters. The Morgan fingerprint density at radius 2 is 1.80 bits per heavy atom. The lowest BCUT2D eigenvalue weighted by molar-refractivity contribution is -0.384. The molecule has 0 saturated carbocycles. The molecule has 1 aromatic heterocycles. The summed E-state index contributed by atoms with van der Waals surface area (Å²) in [5.41, 5.74) is 2.38. The predicted molar refractivity (Wildman–Crippen MR) is 135 cm³/mol. The van der Waals surface area contributed by atoms with Gasteiger partial charge in [0.25, 0.3) is 11.6 Å². The molecule has 0 atom stereocenters. The van der Waals surface area contributed by atoms with Gasteiger partial charge in [-0.1, -0.05) is 45.0 Å². The molecule has 1 N–H and O–H groups in total. The van der Waals surface area contributed by atoms with Gasteiger partial charge in [-0.2, -0.15) is 5.10 Å². The first kappa shape index (κ1) is 25.6. The number of carbonyl (C=O) groups is 2. The molecule has 0 aliphatic rings. The molecule has 2 aromatic carbocycles. The van der Waals surface area contributed by atoms with Gasteiger partial charge in [0.2, 0.25) is 5.91 Å². The van der Waals surface area contributed by atoms with Gasteiger partial charge >= 0.3 is 0 Å². The summed E-state index contributed by atoms with van der Waals surface area (Å²) in [6, 6.07) is 14.8. The van der Waals surface area contributed by atoms with E-state index in [0.717, 1.165) is 16.9 Å². The quantitative estimate of drug-likeness (QED) is 0.385. The summed E-state index contributed by atoms with van der Waals surface area (Å²) in [6.07, 6.45) is 0. The van der Waals surface area contributed by atoms with E-state index in [-0.39, 0.29) is 29.3 Å². The highest BCUT2D eigenvalue weighted by molar-refractivity contribution is 5.99. The van der Waals surface area contributed by atoms with Crippen LogP contribution in [-0.2, 0) is 10.2 Å². The number of anilines is 1. The summed E-state index contributed by atoms with van der Waals surface area (Å²) in [5.74, 6) is -0.352. The fraction of sp³-hybridized carbons (Fsp3) is 0.346. The van der Waals surface area contributed by atoms with Crippen molar-refractivity contribution < 1.29 is 14.5 Å². The summed E-state index contributed by atoms with van der Waals surface area (Å²) in [5, 5.41) is 18.8. The number of nitro groups is 1. The van der Waals surface area contributed by atoms with E-state index in [0.29, 0.717) is 5.82 Å². The van der Waals surface area contributed by atoms with Crippen molar-refractivity contribution in [1.82, 2.24) is 14.7 Å². The molecule has 3 aromatic rings. The minimum Gasteiger partial charge on any atom is -0.327 e. The molecule has 35 heavy (non-hydrogen) atoms. The lowest BCUT2D eigenvalue weighted by atomic mass is 9.92. The van der Waals surface area contributed by atoms with Crippen LogP contribution >= 0.6 is 0 Å². The van der Waals surface area contributed by atoms with Crippen molar-refractivity contribution in [2.24, 2.45) is 0 Å². The number of para-hydroxylation sites is 1. The third-order valence-corrected chi connectivity index (χ3v) is 5.59. The van der Waals surface area contributed by atoms with Crippen molar-refractivity contribution in [2.45, 2.75) is 53.0 Å². The zero-order chi connectivity index (χ0) is 25.9. The maximum absolute atomic E-state index is 13.1. The summed E-state index contributed by atoms with van der Waals surface area (Å²) in [6.45, 7) is 11.5. The van der Waals surface area contributed by atoms with Crippen molar-refractivity contribution in [2.75, 3.05) is 11.9 Å². The van der Waals surface area contributed by atoms with Crippen molar-refractivity contribution in [3.05, 3.63) is 81.5 Å². The third kappa shape index (κ3) is 5.92. The molecule has 3 rings (SSSR count). The molecule has 2 amide bonds. The number of hydrogen-bond donors (Lipinski definition) is 1. The van der Waals surface area contributed by atoms with Gasteiger partial charge in [0, 0.05) is 35.2 Å². The smallest absolute Gasteiger partial charge is 0.270 e. The number of nitrogens with one attached hydrogen (secondary N) is 1. The van der Waals surface area contributed by atoms with E-state index < -0.39 is 16.7 Å². The number of non-ortho nitro benzene ring substituents is 1. The molecule has 1 heterocycles. The Morgan fingerprint density at radius 3 is 2.40 bits per heavy atom. The standard InChI is InChI=1S/C26H31N5O4/c1-17(2)29(25(33)19-11-9-12-20(14-19)31(34)35)16-24(32)27-23-15-22(26(4,5)6)28-30(23)21-13-8-7-10-18(21)3/h7-15,17H,16H2,1-6H3,(H,27,32). The van der Waals surface area contributed by atoms with Gasteiger partial charge in [0.05, 0.1) is 16.3 Å². The first-order valence-corrected chi connectivity index (χ1v) is 11.4. The van der Waals surface area contributed by atoms with Crippen LogP contribution in [0.4, 0.5) is 11.5 Å². The van der Waals surface area contributed by atoms with Crippen LogP contribution in [0.5, 0.6) is 0 Å². The fourth-order valence-electron chi connectivity index (χ4n) is 3.57. The molecule has 0 saturated heterocycles. The molecule has 0 fully saturated rings. The van der Waals surface area contributed by atoms with Crippen molar-refractivity contribution in [1.29, 1.82) is 0 Å². The second kappa shape index (κ2) is 10.1. The SMILES string of the molecule is Cc1ccccc1-n1nc(C(C)(C)C)cc1NC(=O)CN(C(=O)c1cccc([N+](=O)[O-])c1)C(C)C. The van der Waals surface area contributed by atoms with Crippen LogP contribution in [0, 0.1) is 17.0 Å². The second-order valence-electron chi connectivity index (χ2n) is 9.75. The van der Waals surface area contributed by atoms with Crippen LogP contribution in [0.25, 0.3) is 5.69 Å². The molecule has 0 radical (unpaired) electrons. The molecular formula is C26H31N5O4. The summed E-state index contributed by atoms with van der Waals surface area (Å²) < 4.78 is 1.70. The van der Waals surface area contributed by atoms with Gasteiger partial charge in [0.15, 0.2) is 0 Å². The van der Waals surface area contributed by atoms with Gasteiger partial charge in [-0.3, -0.25) is 19.7 Å². The maximum Gasteiger partial charge on any atom is 0.270 e. The first-order valence-electron chi connectivity index (χ1n) is 11.4. The maximum atomic E-state index is 13.1. The number of aromatic nitrogens is 2. The van der Waals surface area contributed by atoms with Crippen LogP contribution in [-0.4, -0.2) is 44.0 Å². The van der Waals surface area contributed by atoms with Gasteiger partial charge in [-0.15, -0.1) is 0 Å². The van der Waals surface area contributed by atoms with Crippen LogP contribution in [0.1, 0.15) is 56.2 Å². The number of benzene rings is 2. The summed E-state index contributed by atoms with van der Waals surface area (Å²) in [4.78, 5) is 38.2. The number of amides is 2. The molecule has 9 heteroatoms. The second-order valence-corrected chi connectivity index (χ2v) is 9.75. The van der Waals surface area contributed by atoms with Crippen molar-refractivity contribution in [3.8, 4) is 5.69 Å². The molecule has 184 valence electrons. The number of aryl methyl sites for hydroxylation is 1. The van der Waals surface area contributed by atoms with Gasteiger partial charge in [0.1, 0.15) is 12.4 Å². The number of nitro benzene ring substituents is 1. The average Bonchev–Trinajstić information content (AvgIpc) is 3.21. The Hall–Kier alpha value is -4.01. The van der Waals surface area contributed by atoms with Crippen molar-refractivity contribution >= 4 is 23.3 Å². The Morgan fingerprint density at radius 1 is 1.11 bits per heavy atom. The number of rotatable bonds is 7. The van der Waals surface area contributed by atoms with E-state index in [9.17, 15) is 19.7 Å². The Bertz CT molecular complexity index is 1260. The lowest BCUT2D eigenvalue weighted by Gasteiger charge is -2.26. The Labute approximate surface area is 204 Å². The average molecular weight is 478 g/mol. The van der Waals surface area contributed by atoms with Crippen molar-refractivity contribution in [3.63, 3.8) is 0 Å². The largest absolute Gasteiger partial charge is 0.327 e. The topological polar surface area (TPSA) is 110 Å². The van der Waals surface area contributed by atoms with Crippen LogP contribution in [0.15, 0.2) is 54.6 Å². The predicted octanol–water partition coefficient (Wildman–Crippen LogP) is 4.88. The van der Waals surface area contributed by atoms with Gasteiger partial charge in [-0.05, 0) is 38.5 Å². The van der Waals surface area contributed by atoms with E-state index in [4.69, 9.17) is 5.10 Å². The zero-order valence-electron chi connectivity index (χ0n) is 20.9. The van der Waals surface area contributed by atoms with E-state index in [2.05, 4.69) is 5.32 Å². The summed E-state index contributed by atoms with van der Waals surface area (Å²) in [7, 11) is 0. The third-order valence-electron chi connectivity index (χ3n) is 5.59. The number of hydrogen-bond acceptors (Lipinski definition) is 5. The van der Waals surface area contributed by atoms with Gasteiger partial charge < -0.3 is 10.2 Å². The normalized spacial score (nSPS) is 11.4. The number of carbonyl (C=O) groups excluding carboxylic acids is 2.